The molecule has 7 heteroatoms. The van der Waals surface area contributed by atoms with Crippen molar-refractivity contribution in [3.05, 3.63) is 35.0 Å². The van der Waals surface area contributed by atoms with Gasteiger partial charge in [-0.15, -0.1) is 0 Å². The lowest BCUT2D eigenvalue weighted by Crippen LogP contribution is -2.53. The smallest absolute Gasteiger partial charge is 0.317 e. The van der Waals surface area contributed by atoms with Gasteiger partial charge in [0, 0.05) is 47.7 Å². The number of halogens is 1. The van der Waals surface area contributed by atoms with Crippen molar-refractivity contribution in [2.45, 2.75) is 51.1 Å². The highest BCUT2D eigenvalue weighted by atomic mass is 35.5. The fourth-order valence-corrected chi connectivity index (χ4v) is 4.80. The van der Waals surface area contributed by atoms with Gasteiger partial charge in [-0.3, -0.25) is 4.79 Å². The molecular formula is C22H29ClN4O2. The zero-order valence-corrected chi connectivity index (χ0v) is 17.7. The van der Waals surface area contributed by atoms with Crippen LogP contribution in [0.1, 0.15) is 44.2 Å². The minimum absolute atomic E-state index is 0.0654. The molecule has 1 saturated carbocycles. The number of hydrogen-bond donors (Lipinski definition) is 2. The van der Waals surface area contributed by atoms with Crippen molar-refractivity contribution in [3.8, 4) is 0 Å². The van der Waals surface area contributed by atoms with Gasteiger partial charge in [0.15, 0.2) is 0 Å². The lowest BCUT2D eigenvalue weighted by atomic mass is 10.0. The van der Waals surface area contributed by atoms with Gasteiger partial charge >= 0.3 is 6.03 Å². The first kappa shape index (κ1) is 20.1. The summed E-state index contributed by atoms with van der Waals surface area (Å²) in [5, 5.41) is 4.72. The van der Waals surface area contributed by atoms with Crippen molar-refractivity contribution in [1.82, 2.24) is 20.1 Å². The number of likely N-dealkylation sites (N-methyl/N-ethyl adjacent to an activating group) is 1. The van der Waals surface area contributed by atoms with Crippen molar-refractivity contribution < 1.29 is 9.59 Å². The standard InChI is InChI=1S/C22H29ClN4O2/c1-26(19-7-4-10-27(14-19)21(28)15-5-2-3-6-15)22(29)24-13-18-12-16-11-17(23)8-9-20(16)25-18/h8-9,11-12,15,19,25H,2-7,10,13-14H2,1H3,(H,24,29)/t19-/m1/s1. The number of amides is 3. The van der Waals surface area contributed by atoms with Crippen LogP contribution in [0.25, 0.3) is 10.9 Å². The molecule has 2 N–H and O–H groups in total. The number of H-pyrrole nitrogens is 1. The highest BCUT2D eigenvalue weighted by Crippen LogP contribution is 2.28. The molecule has 0 spiro atoms. The largest absolute Gasteiger partial charge is 0.357 e. The highest BCUT2D eigenvalue weighted by Gasteiger charge is 2.32. The third kappa shape index (κ3) is 4.53. The molecule has 2 fully saturated rings. The van der Waals surface area contributed by atoms with Crippen LogP contribution in [0.2, 0.25) is 5.02 Å². The number of rotatable bonds is 4. The quantitative estimate of drug-likeness (QED) is 0.786. The molecule has 1 aromatic carbocycles. The molecule has 1 aromatic heterocycles. The maximum atomic E-state index is 12.8. The van der Waals surface area contributed by atoms with E-state index in [2.05, 4.69) is 10.3 Å². The summed E-state index contributed by atoms with van der Waals surface area (Å²) in [5.74, 6) is 0.487. The second-order valence-electron chi connectivity index (χ2n) is 8.36. The lowest BCUT2D eigenvalue weighted by Gasteiger charge is -2.38. The third-order valence-electron chi connectivity index (χ3n) is 6.35. The minimum Gasteiger partial charge on any atom is -0.357 e. The number of aromatic nitrogens is 1. The zero-order chi connectivity index (χ0) is 20.4. The Morgan fingerprint density at radius 2 is 2.00 bits per heavy atom. The van der Waals surface area contributed by atoms with Crippen LogP contribution in [0, 0.1) is 5.92 Å². The fourth-order valence-electron chi connectivity index (χ4n) is 4.62. The SMILES string of the molecule is CN(C(=O)NCc1cc2cc(Cl)ccc2[nH]1)[C@@H]1CCCN(C(=O)C2CCCC2)C1. The van der Waals surface area contributed by atoms with Crippen molar-refractivity contribution in [2.24, 2.45) is 5.92 Å². The predicted octanol–water partition coefficient (Wildman–Crippen LogP) is 4.14. The number of nitrogens with zero attached hydrogens (tertiary/aromatic N) is 2. The molecule has 0 radical (unpaired) electrons. The average molecular weight is 417 g/mol. The molecule has 4 rings (SSSR count). The molecule has 0 bridgehead atoms. The van der Waals surface area contributed by atoms with Crippen LogP contribution in [0.5, 0.6) is 0 Å². The number of piperidine rings is 1. The van der Waals surface area contributed by atoms with Crippen LogP contribution in [0.4, 0.5) is 4.79 Å². The van der Waals surface area contributed by atoms with Crippen LogP contribution in [-0.4, -0.2) is 52.9 Å². The molecule has 2 aromatic rings. The van der Waals surface area contributed by atoms with Gasteiger partial charge in [-0.2, -0.15) is 0 Å². The van der Waals surface area contributed by atoms with E-state index in [4.69, 9.17) is 11.6 Å². The monoisotopic (exact) mass is 416 g/mol. The van der Waals surface area contributed by atoms with Crippen molar-refractivity contribution in [2.75, 3.05) is 20.1 Å². The number of fused-ring (bicyclic) bond motifs is 1. The highest BCUT2D eigenvalue weighted by molar-refractivity contribution is 6.31. The summed E-state index contributed by atoms with van der Waals surface area (Å²) in [6.07, 6.45) is 6.25. The van der Waals surface area contributed by atoms with E-state index in [0.717, 1.165) is 61.7 Å². The summed E-state index contributed by atoms with van der Waals surface area (Å²) < 4.78 is 0. The number of benzene rings is 1. The molecule has 156 valence electrons. The number of carbonyl (C=O) groups is 2. The van der Waals surface area contributed by atoms with Gasteiger partial charge in [-0.25, -0.2) is 4.79 Å². The van der Waals surface area contributed by atoms with Gasteiger partial charge in [0.05, 0.1) is 12.6 Å². The van der Waals surface area contributed by atoms with Gasteiger partial charge in [0.2, 0.25) is 5.91 Å². The summed E-state index contributed by atoms with van der Waals surface area (Å²) in [5.41, 5.74) is 1.94. The summed E-state index contributed by atoms with van der Waals surface area (Å²) in [7, 11) is 1.83. The average Bonchev–Trinajstić information content (AvgIpc) is 3.40. The van der Waals surface area contributed by atoms with Crippen LogP contribution in [-0.2, 0) is 11.3 Å². The summed E-state index contributed by atoms with van der Waals surface area (Å²) in [6.45, 7) is 1.88. The maximum absolute atomic E-state index is 12.8. The Bertz CT molecular complexity index is 890. The first-order chi connectivity index (χ1) is 14.0. The lowest BCUT2D eigenvalue weighted by molar-refractivity contribution is -0.137. The van der Waals surface area contributed by atoms with E-state index in [-0.39, 0.29) is 23.9 Å². The Balaban J connectivity index is 1.32. The van der Waals surface area contributed by atoms with E-state index in [1.807, 2.05) is 36.2 Å². The molecule has 1 saturated heterocycles. The van der Waals surface area contributed by atoms with E-state index < -0.39 is 0 Å². The van der Waals surface area contributed by atoms with E-state index in [1.54, 1.807) is 4.90 Å². The number of likely N-dealkylation sites (tertiary alicyclic amines) is 1. The number of aromatic amines is 1. The maximum Gasteiger partial charge on any atom is 0.317 e. The molecule has 2 aliphatic rings. The number of hydrogen-bond acceptors (Lipinski definition) is 2. The van der Waals surface area contributed by atoms with Gasteiger partial charge in [-0.05, 0) is 49.9 Å². The minimum atomic E-state index is -0.109. The zero-order valence-electron chi connectivity index (χ0n) is 16.9. The van der Waals surface area contributed by atoms with Crippen LogP contribution < -0.4 is 5.32 Å². The third-order valence-corrected chi connectivity index (χ3v) is 6.58. The van der Waals surface area contributed by atoms with Gasteiger partial charge < -0.3 is 20.1 Å². The molecular weight excluding hydrogens is 388 g/mol. The summed E-state index contributed by atoms with van der Waals surface area (Å²) >= 11 is 6.04. The Labute approximate surface area is 176 Å². The van der Waals surface area contributed by atoms with Gasteiger partial charge in [0.25, 0.3) is 0 Å². The summed E-state index contributed by atoms with van der Waals surface area (Å²) in [6, 6.07) is 7.65. The Kier molecular flexibility index (Phi) is 5.99. The molecule has 29 heavy (non-hydrogen) atoms. The molecule has 1 aliphatic carbocycles. The topological polar surface area (TPSA) is 68.4 Å². The van der Waals surface area contributed by atoms with Crippen molar-refractivity contribution >= 4 is 34.4 Å². The second-order valence-corrected chi connectivity index (χ2v) is 8.79. The number of carbonyl (C=O) groups excluding carboxylic acids is 2. The fraction of sp³-hybridized carbons (Fsp3) is 0.545. The van der Waals surface area contributed by atoms with Crippen molar-refractivity contribution in [1.29, 1.82) is 0 Å². The van der Waals surface area contributed by atoms with Gasteiger partial charge in [0.1, 0.15) is 0 Å². The molecule has 3 amide bonds. The van der Waals surface area contributed by atoms with E-state index in [0.29, 0.717) is 18.1 Å². The Morgan fingerprint density at radius 1 is 1.21 bits per heavy atom. The first-order valence-corrected chi connectivity index (χ1v) is 11.0. The normalized spacial score (nSPS) is 20.2. The molecule has 1 atom stereocenters. The molecule has 6 nitrogen and oxygen atoms in total. The van der Waals surface area contributed by atoms with E-state index >= 15 is 0 Å². The molecule has 1 aliphatic heterocycles. The number of urea groups is 1. The van der Waals surface area contributed by atoms with Crippen LogP contribution in [0.15, 0.2) is 24.3 Å². The van der Waals surface area contributed by atoms with Crippen LogP contribution >= 0.6 is 11.6 Å². The van der Waals surface area contributed by atoms with Crippen molar-refractivity contribution in [3.63, 3.8) is 0 Å². The first-order valence-electron chi connectivity index (χ1n) is 10.6. The second kappa shape index (κ2) is 8.66. The van der Waals surface area contributed by atoms with Gasteiger partial charge in [-0.1, -0.05) is 24.4 Å². The number of nitrogens with one attached hydrogen (secondary N) is 2. The van der Waals surface area contributed by atoms with E-state index in [9.17, 15) is 9.59 Å². The van der Waals surface area contributed by atoms with E-state index in [1.165, 1.54) is 0 Å². The predicted molar refractivity (Wildman–Crippen MR) is 115 cm³/mol. The summed E-state index contributed by atoms with van der Waals surface area (Å²) in [4.78, 5) is 32.5. The molecule has 0 unspecified atom stereocenters. The Morgan fingerprint density at radius 3 is 2.79 bits per heavy atom. The van der Waals surface area contributed by atoms with Crippen LogP contribution in [0.3, 0.4) is 0 Å². The molecule has 2 heterocycles. The Hall–Kier alpha value is -2.21.